The van der Waals surface area contributed by atoms with E-state index in [1.807, 2.05) is 6.07 Å². The smallest absolute Gasteiger partial charge is 0.287 e. The molecule has 0 aliphatic carbocycles. The Morgan fingerprint density at radius 3 is 2.38 bits per heavy atom. The number of aryl methyl sites for hydroxylation is 2. The number of hydrogen-bond acceptors (Lipinski definition) is 4. The Bertz CT molecular complexity index is 1330. The molecule has 1 N–H and O–H groups in total. The van der Waals surface area contributed by atoms with Crippen molar-refractivity contribution in [3.63, 3.8) is 0 Å². The Morgan fingerprint density at radius 2 is 1.72 bits per heavy atom. The number of aromatic nitrogens is 1. The highest BCUT2D eigenvalue weighted by atomic mass is 35.5. The molecule has 0 spiro atoms. The Morgan fingerprint density at radius 1 is 1.03 bits per heavy atom. The van der Waals surface area contributed by atoms with Gasteiger partial charge in [-0.25, -0.2) is 13.4 Å². The third-order valence-corrected chi connectivity index (χ3v) is 6.40. The maximum absolute atomic E-state index is 13.2. The minimum Gasteiger partial charge on any atom is -0.287 e. The van der Waals surface area contributed by atoms with Crippen molar-refractivity contribution in [3.05, 3.63) is 86.7 Å². The molecule has 3 rings (SSSR count). The Balaban J connectivity index is 2.07. The van der Waals surface area contributed by atoms with Crippen molar-refractivity contribution in [2.24, 2.45) is 0 Å². The second-order valence-electron chi connectivity index (χ2n) is 6.94. The molecular weight excluding hydrogens is 488 g/mol. The topological polar surface area (TPSA) is 76.1 Å². The summed E-state index contributed by atoms with van der Waals surface area (Å²) in [6, 6.07) is 8.49. The van der Waals surface area contributed by atoms with Crippen LogP contribution in [0.4, 0.5) is 18.9 Å². The number of rotatable bonds is 5. The van der Waals surface area contributed by atoms with Crippen molar-refractivity contribution in [2.45, 2.75) is 24.9 Å². The molecule has 0 aliphatic heterocycles. The fourth-order valence-corrected chi connectivity index (χ4v) is 4.36. The van der Waals surface area contributed by atoms with Gasteiger partial charge in [-0.1, -0.05) is 40.9 Å². The second-order valence-corrected chi connectivity index (χ2v) is 9.47. The third kappa shape index (κ3) is 5.06. The summed E-state index contributed by atoms with van der Waals surface area (Å²) in [5.41, 5.74) is -0.0952. The molecule has 32 heavy (non-hydrogen) atoms. The number of anilines is 1. The van der Waals surface area contributed by atoms with Crippen LogP contribution in [0.25, 0.3) is 0 Å². The number of halogens is 5. The van der Waals surface area contributed by atoms with Gasteiger partial charge < -0.3 is 0 Å². The fourth-order valence-electron chi connectivity index (χ4n) is 2.90. The number of nitrogens with one attached hydrogen (secondary N) is 1. The number of sulfonamides is 1. The maximum Gasteiger partial charge on any atom is 0.417 e. The molecule has 0 amide bonds. The molecule has 3 aromatic rings. The lowest BCUT2D eigenvalue weighted by Gasteiger charge is -2.15. The molecule has 168 valence electrons. The first-order chi connectivity index (χ1) is 14.8. The summed E-state index contributed by atoms with van der Waals surface area (Å²) in [5.74, 6) is -0.576. The minimum absolute atomic E-state index is 0.0206. The highest BCUT2D eigenvalue weighted by molar-refractivity contribution is 7.92. The zero-order valence-electron chi connectivity index (χ0n) is 16.6. The lowest BCUT2D eigenvalue weighted by Crippen LogP contribution is -2.18. The van der Waals surface area contributed by atoms with Crippen molar-refractivity contribution in [3.8, 4) is 0 Å². The number of hydrogen-bond donors (Lipinski definition) is 1. The molecule has 0 unspecified atom stereocenters. The van der Waals surface area contributed by atoms with Crippen LogP contribution in [0.15, 0.2) is 53.6 Å². The number of nitrogens with zero attached hydrogens (tertiary/aromatic N) is 1. The molecule has 0 saturated carbocycles. The van der Waals surface area contributed by atoms with Crippen molar-refractivity contribution >= 4 is 44.7 Å². The zero-order valence-corrected chi connectivity index (χ0v) is 18.9. The van der Waals surface area contributed by atoms with E-state index >= 15 is 0 Å². The highest BCUT2D eigenvalue weighted by Gasteiger charge is 2.34. The fraction of sp³-hybridized carbons (Fsp3) is 0.143. The van der Waals surface area contributed by atoms with E-state index < -0.39 is 37.5 Å². The first-order valence-electron chi connectivity index (χ1n) is 8.96. The van der Waals surface area contributed by atoms with Crippen LogP contribution in [0.2, 0.25) is 10.0 Å². The Labute approximate surface area is 192 Å². The van der Waals surface area contributed by atoms with Crippen LogP contribution in [-0.2, 0) is 16.2 Å². The van der Waals surface area contributed by atoms with Crippen LogP contribution in [0.3, 0.4) is 0 Å². The van der Waals surface area contributed by atoms with Gasteiger partial charge in [0.2, 0.25) is 5.78 Å². The summed E-state index contributed by atoms with van der Waals surface area (Å²) in [5, 5.41) is -0.626. The second kappa shape index (κ2) is 8.73. The summed E-state index contributed by atoms with van der Waals surface area (Å²) in [6.07, 6.45) is -3.69. The highest BCUT2D eigenvalue weighted by Crippen LogP contribution is 2.36. The van der Waals surface area contributed by atoms with Crippen LogP contribution in [-0.4, -0.2) is 19.2 Å². The average molecular weight is 503 g/mol. The van der Waals surface area contributed by atoms with E-state index in [1.165, 1.54) is 6.20 Å². The molecule has 0 fully saturated rings. The molecule has 2 aromatic carbocycles. The molecule has 5 nitrogen and oxygen atoms in total. The maximum atomic E-state index is 13.2. The van der Waals surface area contributed by atoms with Gasteiger partial charge in [-0.15, -0.1) is 0 Å². The number of alkyl halides is 3. The largest absolute Gasteiger partial charge is 0.417 e. The Kier molecular flexibility index (Phi) is 6.55. The molecule has 0 saturated heterocycles. The van der Waals surface area contributed by atoms with Crippen LogP contribution in [0.5, 0.6) is 0 Å². The van der Waals surface area contributed by atoms with Crippen LogP contribution >= 0.6 is 23.2 Å². The lowest BCUT2D eigenvalue weighted by molar-refractivity contribution is -0.137. The summed E-state index contributed by atoms with van der Waals surface area (Å²) in [4.78, 5) is 16.4. The van der Waals surface area contributed by atoms with Crippen LogP contribution < -0.4 is 4.72 Å². The van der Waals surface area contributed by atoms with Gasteiger partial charge in [0, 0.05) is 11.8 Å². The quantitative estimate of drug-likeness (QED) is 0.430. The summed E-state index contributed by atoms with van der Waals surface area (Å²) < 4.78 is 67.2. The van der Waals surface area contributed by atoms with Gasteiger partial charge in [-0.2, -0.15) is 13.2 Å². The van der Waals surface area contributed by atoms with E-state index in [1.54, 1.807) is 26.0 Å². The van der Waals surface area contributed by atoms with Crippen LogP contribution in [0, 0.1) is 13.8 Å². The number of carbonyl (C=O) groups excluding carboxylic acids is 1. The SMILES string of the molecule is Cc1ccc(C)c(C(=O)c2ncc(Cl)cc2NS(=O)(=O)c2ccc(Cl)c(C(F)(F)F)c2)c1. The van der Waals surface area contributed by atoms with Crippen molar-refractivity contribution < 1.29 is 26.4 Å². The molecule has 11 heteroatoms. The van der Waals surface area contributed by atoms with Gasteiger partial charge in [-0.3, -0.25) is 9.52 Å². The number of benzene rings is 2. The van der Waals surface area contributed by atoms with Crippen molar-refractivity contribution in [2.75, 3.05) is 4.72 Å². The minimum atomic E-state index is -4.86. The monoisotopic (exact) mass is 502 g/mol. The van der Waals surface area contributed by atoms with Crippen LogP contribution in [0.1, 0.15) is 32.7 Å². The first kappa shape index (κ1) is 24.0. The normalized spacial score (nSPS) is 12.0. The van der Waals surface area contributed by atoms with Gasteiger partial charge >= 0.3 is 6.18 Å². The summed E-state index contributed by atoms with van der Waals surface area (Å²) in [7, 11) is -4.55. The van der Waals surface area contributed by atoms with E-state index in [2.05, 4.69) is 9.71 Å². The number of pyridine rings is 1. The molecule has 0 bridgehead atoms. The standard InChI is InChI=1S/C21H15Cl2F3N2O3S/c1-11-3-4-12(2)15(7-11)20(29)19-18(8-13(22)10-27-19)28-32(30,31)14-5-6-17(23)16(9-14)21(24,25)26/h3-10,28H,1-2H3. The van der Waals surface area contributed by atoms with Gasteiger partial charge in [0.1, 0.15) is 5.69 Å². The van der Waals surface area contributed by atoms with E-state index in [9.17, 15) is 26.4 Å². The molecule has 1 aromatic heterocycles. The first-order valence-corrected chi connectivity index (χ1v) is 11.2. The molecule has 0 atom stereocenters. The predicted octanol–water partition coefficient (Wildman–Crippen LogP) is 6.06. The van der Waals surface area contributed by atoms with Gasteiger partial charge in [-0.05, 0) is 49.7 Å². The zero-order chi connectivity index (χ0) is 23.8. The molecule has 0 aliphatic rings. The predicted molar refractivity (Wildman–Crippen MR) is 116 cm³/mol. The van der Waals surface area contributed by atoms with Gasteiger partial charge in [0.25, 0.3) is 10.0 Å². The molecule has 1 heterocycles. The van der Waals surface area contributed by atoms with Crippen molar-refractivity contribution in [1.82, 2.24) is 4.98 Å². The van der Waals surface area contributed by atoms with E-state index in [0.717, 1.165) is 23.8 Å². The van der Waals surface area contributed by atoms with E-state index in [-0.39, 0.29) is 16.4 Å². The van der Waals surface area contributed by atoms with Crippen molar-refractivity contribution in [1.29, 1.82) is 0 Å². The summed E-state index contributed by atoms with van der Waals surface area (Å²) in [6.45, 7) is 3.49. The van der Waals surface area contributed by atoms with Gasteiger partial charge in [0.15, 0.2) is 0 Å². The third-order valence-electron chi connectivity index (χ3n) is 4.50. The average Bonchev–Trinajstić information content (AvgIpc) is 2.68. The Hall–Kier alpha value is -2.62. The van der Waals surface area contributed by atoms with Gasteiger partial charge in [0.05, 0.1) is 26.2 Å². The number of ketones is 1. The molecular formula is C21H15Cl2F3N2O3S. The van der Waals surface area contributed by atoms with E-state index in [4.69, 9.17) is 23.2 Å². The number of carbonyl (C=O) groups is 1. The molecule has 0 radical (unpaired) electrons. The van der Waals surface area contributed by atoms with E-state index in [0.29, 0.717) is 17.2 Å². The summed E-state index contributed by atoms with van der Waals surface area (Å²) >= 11 is 11.5. The lowest BCUT2D eigenvalue weighted by atomic mass is 9.99.